The Labute approximate surface area is 116 Å². The molecule has 0 atom stereocenters. The van der Waals surface area contributed by atoms with E-state index < -0.39 is 4.33 Å². The summed E-state index contributed by atoms with van der Waals surface area (Å²) in [6.07, 6.45) is 5.99. The molecule has 0 heterocycles. The van der Waals surface area contributed by atoms with E-state index in [0.29, 0.717) is 24.0 Å². The molecule has 2 radical (unpaired) electrons. The van der Waals surface area contributed by atoms with Crippen molar-refractivity contribution < 1.29 is 10.2 Å². The SMILES string of the molecule is OC1=CC[CH]C(C(Cl)(Cl)Cc2[c]ccc(O)c2)=C1. The summed E-state index contributed by atoms with van der Waals surface area (Å²) in [6.45, 7) is 0. The molecule has 1 aliphatic carbocycles. The number of alkyl halides is 2. The maximum atomic E-state index is 9.45. The molecule has 4 heteroatoms. The van der Waals surface area contributed by atoms with Crippen LogP contribution in [0, 0.1) is 12.5 Å². The summed E-state index contributed by atoms with van der Waals surface area (Å²) in [5, 5.41) is 18.8. The van der Waals surface area contributed by atoms with Crippen molar-refractivity contribution >= 4 is 23.2 Å². The van der Waals surface area contributed by atoms with Crippen LogP contribution in [0.5, 0.6) is 5.75 Å². The Kier molecular flexibility index (Phi) is 3.88. The number of allylic oxidation sites excluding steroid dienone is 3. The van der Waals surface area contributed by atoms with Crippen molar-refractivity contribution in [3.05, 3.63) is 59.7 Å². The number of hydrogen-bond acceptors (Lipinski definition) is 2. The third-order valence-electron chi connectivity index (χ3n) is 2.65. The van der Waals surface area contributed by atoms with Gasteiger partial charge in [0.2, 0.25) is 0 Å². The van der Waals surface area contributed by atoms with Gasteiger partial charge in [-0.2, -0.15) is 0 Å². The zero-order valence-corrected chi connectivity index (χ0v) is 11.0. The van der Waals surface area contributed by atoms with Crippen LogP contribution in [-0.2, 0) is 6.42 Å². The van der Waals surface area contributed by atoms with E-state index in [1.807, 2.05) is 6.42 Å². The summed E-state index contributed by atoms with van der Waals surface area (Å²) in [6, 6.07) is 7.69. The molecule has 1 aliphatic rings. The molecule has 2 N–H and O–H groups in total. The molecule has 1 aromatic carbocycles. The number of aliphatic hydroxyl groups is 1. The van der Waals surface area contributed by atoms with Crippen molar-refractivity contribution in [1.82, 2.24) is 0 Å². The zero-order valence-electron chi connectivity index (χ0n) is 9.53. The van der Waals surface area contributed by atoms with Crippen molar-refractivity contribution in [3.63, 3.8) is 0 Å². The van der Waals surface area contributed by atoms with Crippen LogP contribution in [0.25, 0.3) is 0 Å². The first-order valence-corrected chi connectivity index (χ1v) is 6.25. The van der Waals surface area contributed by atoms with Crippen LogP contribution in [0.3, 0.4) is 0 Å². The van der Waals surface area contributed by atoms with Crippen LogP contribution in [0.2, 0.25) is 0 Å². The van der Waals surface area contributed by atoms with Crippen molar-refractivity contribution in [2.75, 3.05) is 0 Å². The molecular weight excluding hydrogens is 271 g/mol. The number of aliphatic hydroxyl groups excluding tert-OH is 1. The maximum Gasteiger partial charge on any atom is 0.144 e. The highest BCUT2D eigenvalue weighted by atomic mass is 35.5. The van der Waals surface area contributed by atoms with Gasteiger partial charge in [-0.25, -0.2) is 0 Å². The van der Waals surface area contributed by atoms with E-state index in [0.717, 1.165) is 0 Å². The quantitative estimate of drug-likeness (QED) is 0.826. The lowest BCUT2D eigenvalue weighted by Crippen LogP contribution is -2.21. The first-order chi connectivity index (χ1) is 8.47. The second kappa shape index (κ2) is 5.25. The second-order valence-electron chi connectivity index (χ2n) is 4.12. The van der Waals surface area contributed by atoms with Gasteiger partial charge in [0, 0.05) is 6.42 Å². The number of halogens is 2. The Morgan fingerprint density at radius 3 is 2.78 bits per heavy atom. The van der Waals surface area contributed by atoms with Crippen molar-refractivity contribution in [2.45, 2.75) is 17.2 Å². The zero-order chi connectivity index (χ0) is 13.2. The number of phenols is 1. The smallest absolute Gasteiger partial charge is 0.144 e. The fraction of sp³-hybridized carbons (Fsp3) is 0.214. The highest BCUT2D eigenvalue weighted by molar-refractivity contribution is 6.50. The number of phenolic OH excluding ortho intramolecular Hbond substituents is 1. The molecule has 0 spiro atoms. The number of rotatable bonds is 3. The van der Waals surface area contributed by atoms with E-state index >= 15 is 0 Å². The number of aromatic hydroxyl groups is 1. The molecule has 0 saturated carbocycles. The average molecular weight is 283 g/mol. The highest BCUT2D eigenvalue weighted by Crippen LogP contribution is 2.38. The molecule has 2 rings (SSSR count). The number of benzene rings is 1. The van der Waals surface area contributed by atoms with Crippen LogP contribution in [0.1, 0.15) is 12.0 Å². The Morgan fingerprint density at radius 2 is 2.11 bits per heavy atom. The Morgan fingerprint density at radius 1 is 1.33 bits per heavy atom. The lowest BCUT2D eigenvalue weighted by Gasteiger charge is -2.24. The normalized spacial score (nSPS) is 16.1. The van der Waals surface area contributed by atoms with Gasteiger partial charge >= 0.3 is 0 Å². The lowest BCUT2D eigenvalue weighted by molar-refractivity contribution is 0.427. The van der Waals surface area contributed by atoms with Crippen molar-refractivity contribution in [1.29, 1.82) is 0 Å². The first kappa shape index (κ1) is 13.3. The summed E-state index contributed by atoms with van der Waals surface area (Å²) < 4.78 is -1.15. The Bertz CT molecular complexity index is 504. The highest BCUT2D eigenvalue weighted by Gasteiger charge is 2.30. The molecule has 0 aromatic heterocycles. The van der Waals surface area contributed by atoms with Gasteiger partial charge in [0.25, 0.3) is 0 Å². The third-order valence-corrected chi connectivity index (χ3v) is 3.35. The molecule has 0 unspecified atom stereocenters. The van der Waals surface area contributed by atoms with Crippen LogP contribution in [-0.4, -0.2) is 14.5 Å². The van der Waals surface area contributed by atoms with Gasteiger partial charge in [0.15, 0.2) is 0 Å². The minimum absolute atomic E-state index is 0.150. The third kappa shape index (κ3) is 3.21. The van der Waals surface area contributed by atoms with E-state index in [9.17, 15) is 10.2 Å². The van der Waals surface area contributed by atoms with Gasteiger partial charge < -0.3 is 10.2 Å². The maximum absolute atomic E-state index is 9.45. The van der Waals surface area contributed by atoms with Gasteiger partial charge in [0.05, 0.1) is 0 Å². The van der Waals surface area contributed by atoms with E-state index in [4.69, 9.17) is 23.2 Å². The molecule has 2 nitrogen and oxygen atoms in total. The largest absolute Gasteiger partial charge is 0.508 e. The number of hydrogen-bond donors (Lipinski definition) is 2. The summed E-state index contributed by atoms with van der Waals surface area (Å²) >= 11 is 12.6. The molecule has 0 saturated heterocycles. The predicted octanol–water partition coefficient (Wildman–Crippen LogP) is 3.89. The minimum Gasteiger partial charge on any atom is -0.508 e. The molecule has 1 aromatic rings. The summed E-state index contributed by atoms with van der Waals surface area (Å²) in [5.41, 5.74) is 1.37. The molecule has 0 bridgehead atoms. The topological polar surface area (TPSA) is 40.5 Å². The minimum atomic E-state index is -1.15. The Hall–Kier alpha value is -1.12. The van der Waals surface area contributed by atoms with Gasteiger partial charge in [-0.05, 0) is 54.3 Å². The van der Waals surface area contributed by atoms with Gasteiger partial charge in [-0.15, -0.1) is 0 Å². The standard InChI is InChI=1S/C14H12Cl2O2/c15-14(16,11-4-2-6-13(18)8-11)9-10-3-1-5-12(17)7-10/h1,4-8,17-18H,2,9H2. The molecule has 0 fully saturated rings. The van der Waals surface area contributed by atoms with E-state index in [-0.39, 0.29) is 11.5 Å². The molecular formula is C14H12Cl2O2. The van der Waals surface area contributed by atoms with Gasteiger partial charge in [-0.3, -0.25) is 0 Å². The van der Waals surface area contributed by atoms with Crippen LogP contribution < -0.4 is 0 Å². The van der Waals surface area contributed by atoms with Crippen LogP contribution in [0.4, 0.5) is 0 Å². The summed E-state index contributed by atoms with van der Waals surface area (Å²) in [5.74, 6) is 0.315. The van der Waals surface area contributed by atoms with Gasteiger partial charge in [-0.1, -0.05) is 29.3 Å². The lowest BCUT2D eigenvalue weighted by atomic mass is 9.96. The van der Waals surface area contributed by atoms with Crippen molar-refractivity contribution in [2.24, 2.45) is 0 Å². The summed E-state index contributed by atoms with van der Waals surface area (Å²) in [7, 11) is 0. The van der Waals surface area contributed by atoms with E-state index in [2.05, 4.69) is 6.07 Å². The van der Waals surface area contributed by atoms with Crippen LogP contribution in [0.15, 0.2) is 41.7 Å². The summed E-state index contributed by atoms with van der Waals surface area (Å²) in [4.78, 5) is 0. The Balaban J connectivity index is 2.19. The molecule has 94 valence electrons. The molecule has 0 amide bonds. The predicted molar refractivity (Wildman–Crippen MR) is 72.8 cm³/mol. The average Bonchev–Trinajstić information content (AvgIpc) is 2.28. The molecule has 0 aliphatic heterocycles. The van der Waals surface area contributed by atoms with Crippen molar-refractivity contribution in [3.8, 4) is 5.75 Å². The van der Waals surface area contributed by atoms with Crippen LogP contribution >= 0.6 is 23.2 Å². The fourth-order valence-corrected chi connectivity index (χ4v) is 2.34. The fourth-order valence-electron chi connectivity index (χ4n) is 1.78. The monoisotopic (exact) mass is 282 g/mol. The van der Waals surface area contributed by atoms with E-state index in [1.165, 1.54) is 6.07 Å². The van der Waals surface area contributed by atoms with Gasteiger partial charge in [0.1, 0.15) is 15.8 Å². The second-order valence-corrected chi connectivity index (χ2v) is 5.61. The first-order valence-electron chi connectivity index (χ1n) is 5.49. The van der Waals surface area contributed by atoms with E-state index in [1.54, 1.807) is 24.3 Å². The molecule has 18 heavy (non-hydrogen) atoms.